The molecule has 1 aliphatic carbocycles. The molecule has 0 amide bonds. The summed E-state index contributed by atoms with van der Waals surface area (Å²) in [5.41, 5.74) is 9.03. The fourth-order valence-corrected chi connectivity index (χ4v) is 7.55. The second-order valence-corrected chi connectivity index (χ2v) is 14.2. The van der Waals surface area contributed by atoms with Crippen LogP contribution in [0.2, 0.25) is 0 Å². The number of benzene rings is 3. The second-order valence-electron chi connectivity index (χ2n) is 14.2. The molecule has 2 fully saturated rings. The van der Waals surface area contributed by atoms with Crippen molar-refractivity contribution in [2.75, 3.05) is 53.9 Å². The molecule has 9 rings (SSSR count). The summed E-state index contributed by atoms with van der Waals surface area (Å²) in [6.45, 7) is 3.77. The molecule has 3 N–H and O–H groups in total. The lowest BCUT2D eigenvalue weighted by molar-refractivity contribution is 0.281. The number of aromatic nitrogens is 3. The number of rotatable bonds is 10. The van der Waals surface area contributed by atoms with Gasteiger partial charge in [0.25, 0.3) is 5.56 Å². The van der Waals surface area contributed by atoms with Gasteiger partial charge in [-0.2, -0.15) is 0 Å². The molecule has 0 spiro atoms. The number of anilines is 4. The van der Waals surface area contributed by atoms with E-state index in [4.69, 9.17) is 9.72 Å². The van der Waals surface area contributed by atoms with Crippen molar-refractivity contribution < 1.29 is 14.2 Å². The number of pyridine rings is 3. The maximum Gasteiger partial charge on any atom is 0.265 e. The molecule has 11 nitrogen and oxygen atoms in total. The molecule has 3 aromatic carbocycles. The predicted molar refractivity (Wildman–Crippen MR) is 209 cm³/mol. The molecule has 0 radical (unpaired) electrons. The first kappa shape index (κ1) is 33.8. The third-order valence-corrected chi connectivity index (χ3v) is 10.7. The fraction of sp³-hybridized carbons (Fsp3) is 0.262. The van der Waals surface area contributed by atoms with Crippen LogP contribution < -0.4 is 30.9 Å². The van der Waals surface area contributed by atoms with Gasteiger partial charge in [0.05, 0.1) is 46.5 Å². The molecule has 3 aromatic heterocycles. The minimum Gasteiger partial charge on any atom is -0.472 e. The number of halogens is 1. The number of aliphatic hydroxyl groups is 1. The Morgan fingerprint density at radius 2 is 1.76 bits per heavy atom. The van der Waals surface area contributed by atoms with Gasteiger partial charge in [-0.05, 0) is 84.8 Å². The van der Waals surface area contributed by atoms with Gasteiger partial charge in [0, 0.05) is 44.1 Å². The number of hydrazine groups is 1. The zero-order valence-electron chi connectivity index (χ0n) is 30.0. The molecular weight excluding hydrogens is 684 g/mol. The zero-order valence-corrected chi connectivity index (χ0v) is 30.0. The Morgan fingerprint density at radius 1 is 0.944 bits per heavy atom. The molecular formula is C42H41FN8O3. The maximum absolute atomic E-state index is 15.5. The molecule has 1 unspecified atom stereocenters. The van der Waals surface area contributed by atoms with Crippen LogP contribution in [0.1, 0.15) is 47.2 Å². The molecule has 5 heterocycles. The van der Waals surface area contributed by atoms with Crippen molar-refractivity contribution in [1.82, 2.24) is 19.4 Å². The summed E-state index contributed by atoms with van der Waals surface area (Å²) in [6.07, 6.45) is 6.70. The summed E-state index contributed by atoms with van der Waals surface area (Å²) in [6, 6.07) is 26.5. The molecule has 1 saturated heterocycles. The number of likely N-dealkylation sites (N-methyl/N-ethyl adjacent to an activating group) is 1. The van der Waals surface area contributed by atoms with Crippen LogP contribution in [0.15, 0.2) is 108 Å². The highest BCUT2D eigenvalue weighted by Gasteiger charge is 2.36. The van der Waals surface area contributed by atoms with E-state index in [-0.39, 0.29) is 5.39 Å². The van der Waals surface area contributed by atoms with Crippen molar-refractivity contribution in [3.63, 3.8) is 0 Å². The van der Waals surface area contributed by atoms with Gasteiger partial charge in [-0.3, -0.25) is 19.8 Å². The molecule has 6 aromatic rings. The van der Waals surface area contributed by atoms with E-state index in [2.05, 4.69) is 38.6 Å². The van der Waals surface area contributed by atoms with Crippen molar-refractivity contribution in [2.24, 2.45) is 0 Å². The van der Waals surface area contributed by atoms with Crippen molar-refractivity contribution in [3.8, 4) is 11.6 Å². The summed E-state index contributed by atoms with van der Waals surface area (Å²) in [5.74, 6) is 0.889. The van der Waals surface area contributed by atoms with Gasteiger partial charge in [0.15, 0.2) is 6.17 Å². The van der Waals surface area contributed by atoms with Crippen LogP contribution in [-0.4, -0.2) is 57.8 Å². The van der Waals surface area contributed by atoms with Crippen LogP contribution in [0.3, 0.4) is 0 Å². The van der Waals surface area contributed by atoms with Crippen LogP contribution in [0.5, 0.6) is 5.88 Å². The van der Waals surface area contributed by atoms with Gasteiger partial charge in [-0.1, -0.05) is 42.5 Å². The van der Waals surface area contributed by atoms with Gasteiger partial charge < -0.3 is 25.0 Å². The Morgan fingerprint density at radius 3 is 2.52 bits per heavy atom. The summed E-state index contributed by atoms with van der Waals surface area (Å²) in [4.78, 5) is 28.1. The van der Waals surface area contributed by atoms with Gasteiger partial charge in [-0.25, -0.2) is 14.4 Å². The zero-order chi connectivity index (χ0) is 36.8. The van der Waals surface area contributed by atoms with E-state index >= 15 is 4.39 Å². The lowest BCUT2D eigenvalue weighted by atomic mass is 10.0. The highest BCUT2D eigenvalue weighted by atomic mass is 19.1. The molecule has 12 heteroatoms. The Bertz CT molecular complexity index is 2380. The normalized spacial score (nSPS) is 17.1. The Kier molecular flexibility index (Phi) is 8.84. The predicted octanol–water partition coefficient (Wildman–Crippen LogP) is 6.58. The van der Waals surface area contributed by atoms with Crippen LogP contribution in [0.25, 0.3) is 16.5 Å². The topological polar surface area (TPSA) is 111 Å². The Labute approximate surface area is 312 Å². The number of nitrogens with zero attached hydrogens (tertiary/aromatic N) is 6. The van der Waals surface area contributed by atoms with Crippen molar-refractivity contribution in [2.45, 2.75) is 38.1 Å². The fourth-order valence-electron chi connectivity index (χ4n) is 7.55. The first-order chi connectivity index (χ1) is 26.4. The van der Waals surface area contributed by atoms with E-state index in [0.717, 1.165) is 67.1 Å². The number of hydrogen-bond donors (Lipinski definition) is 3. The molecule has 274 valence electrons. The van der Waals surface area contributed by atoms with Gasteiger partial charge in [-0.15, -0.1) is 0 Å². The third-order valence-electron chi connectivity index (χ3n) is 10.7. The first-order valence-electron chi connectivity index (χ1n) is 18.4. The smallest absolute Gasteiger partial charge is 0.265 e. The van der Waals surface area contributed by atoms with E-state index in [1.54, 1.807) is 24.5 Å². The minimum atomic E-state index is -0.603. The highest BCUT2D eigenvalue weighted by molar-refractivity contribution is 5.84. The first-order valence-corrected chi connectivity index (χ1v) is 18.4. The molecule has 54 heavy (non-hydrogen) atoms. The number of fused-ring (bicyclic) bond motifs is 2. The molecule has 2 aliphatic heterocycles. The van der Waals surface area contributed by atoms with Crippen molar-refractivity contribution in [1.29, 1.82) is 0 Å². The minimum absolute atomic E-state index is 0.0276. The van der Waals surface area contributed by atoms with Crippen LogP contribution in [0, 0.1) is 5.82 Å². The average Bonchev–Trinajstić information content (AvgIpc) is 3.99. The third kappa shape index (κ3) is 6.37. The van der Waals surface area contributed by atoms with Crippen molar-refractivity contribution in [3.05, 3.63) is 142 Å². The highest BCUT2D eigenvalue weighted by Crippen LogP contribution is 2.45. The van der Waals surface area contributed by atoms with E-state index in [1.807, 2.05) is 71.9 Å². The molecule has 1 saturated carbocycles. The van der Waals surface area contributed by atoms with Gasteiger partial charge in [0.1, 0.15) is 18.2 Å². The quantitative estimate of drug-likeness (QED) is 0.143. The summed E-state index contributed by atoms with van der Waals surface area (Å²) in [7, 11) is 2.14. The molecule has 0 bridgehead atoms. The van der Waals surface area contributed by atoms with Crippen LogP contribution >= 0.6 is 0 Å². The number of aliphatic hydroxyl groups excluding tert-OH is 1. The Hall–Kier alpha value is -5.98. The van der Waals surface area contributed by atoms with Crippen LogP contribution in [0.4, 0.5) is 27.3 Å². The number of hydrogen-bond acceptors (Lipinski definition) is 10. The molecule has 3 aliphatic rings. The number of ether oxygens (including phenoxy) is 1. The Balaban J connectivity index is 1.10. The van der Waals surface area contributed by atoms with E-state index in [1.165, 1.54) is 10.6 Å². The van der Waals surface area contributed by atoms with Crippen LogP contribution in [-0.2, 0) is 13.2 Å². The number of piperazine rings is 1. The summed E-state index contributed by atoms with van der Waals surface area (Å²) >= 11 is 0. The van der Waals surface area contributed by atoms with E-state index in [0.29, 0.717) is 46.5 Å². The summed E-state index contributed by atoms with van der Waals surface area (Å²) < 4.78 is 23.3. The van der Waals surface area contributed by atoms with Crippen molar-refractivity contribution >= 4 is 33.7 Å². The standard InChI is InChI=1S/C42H41FN8O3/c1-48-18-20-49(21-19-48)31-12-13-37(45-24-31)46-40-39-34(14-16-44-41(39)54-26-27-6-3-2-4-7-27)47-51(40)36-9-5-8-35(32(36)25-52)50-17-15-29-22-30(28-10-11-28)23-33(43)38(29)42(50)53/h2-9,12-17,22-24,28,40,47,52H,10-11,18-21,25-26H2,1H3,(H,45,46). The van der Waals surface area contributed by atoms with E-state index in [9.17, 15) is 9.90 Å². The van der Waals surface area contributed by atoms with Gasteiger partial charge in [0.2, 0.25) is 5.88 Å². The lowest BCUT2D eigenvalue weighted by Crippen LogP contribution is -2.44. The summed E-state index contributed by atoms with van der Waals surface area (Å²) in [5, 5.41) is 17.1. The van der Waals surface area contributed by atoms with Gasteiger partial charge >= 0.3 is 0 Å². The molecule has 1 atom stereocenters. The number of nitrogens with one attached hydrogen (secondary N) is 2. The largest absolute Gasteiger partial charge is 0.472 e. The SMILES string of the molecule is CN1CCN(c2ccc(NC3c4c(ccnc4OCc4ccccc4)NN3c3cccc(-n4ccc5cc(C6CC6)cc(F)c5c4=O)c3CO)nc2)CC1. The average molecular weight is 725 g/mol. The monoisotopic (exact) mass is 724 g/mol. The lowest BCUT2D eigenvalue weighted by Gasteiger charge is -2.34. The second kappa shape index (κ2) is 14.1. The van der Waals surface area contributed by atoms with E-state index < -0.39 is 24.1 Å². The maximum atomic E-state index is 15.5.